The molecule has 0 saturated heterocycles. The minimum Gasteiger partial charge on any atom is -0.497 e. The number of nitrogens with zero attached hydrogens (tertiary/aromatic N) is 2. The lowest BCUT2D eigenvalue weighted by atomic mass is 10.2. The van der Waals surface area contributed by atoms with E-state index in [-0.39, 0.29) is 12.6 Å². The number of imidazole rings is 1. The van der Waals surface area contributed by atoms with Gasteiger partial charge in [0, 0.05) is 19.5 Å². The molecule has 7 nitrogen and oxygen atoms in total. The fourth-order valence-electron chi connectivity index (χ4n) is 3.02. The van der Waals surface area contributed by atoms with Crippen molar-refractivity contribution in [2.45, 2.75) is 26.7 Å². The van der Waals surface area contributed by atoms with Gasteiger partial charge in [-0.25, -0.2) is 4.98 Å². The summed E-state index contributed by atoms with van der Waals surface area (Å²) in [4.78, 5) is 17.3. The zero-order chi connectivity index (χ0) is 21.5. The molecular formula is C22H25ClN4O3. The van der Waals surface area contributed by atoms with Crippen molar-refractivity contribution in [2.24, 2.45) is 0 Å². The number of amides is 1. The summed E-state index contributed by atoms with van der Waals surface area (Å²) in [5.41, 5.74) is 2.06. The molecule has 0 radical (unpaired) electrons. The first-order chi connectivity index (χ1) is 14.6. The van der Waals surface area contributed by atoms with Crippen molar-refractivity contribution >= 4 is 29.0 Å². The molecule has 0 aliphatic carbocycles. The number of ether oxygens (including phenoxy) is 2. The third kappa shape index (κ3) is 4.93. The monoisotopic (exact) mass is 428 g/mol. The minimum atomic E-state index is -0.266. The lowest BCUT2D eigenvalue weighted by Crippen LogP contribution is -2.24. The Kier molecular flexibility index (Phi) is 7.32. The molecular weight excluding hydrogens is 404 g/mol. The average Bonchev–Trinajstić information content (AvgIpc) is 3.12. The zero-order valence-electron chi connectivity index (χ0n) is 17.2. The fraction of sp³-hybridized carbons (Fsp3) is 0.273. The maximum atomic E-state index is 12.7. The van der Waals surface area contributed by atoms with Gasteiger partial charge in [0.25, 0.3) is 5.91 Å². The number of hydrogen-bond donors (Lipinski definition) is 2. The lowest BCUT2D eigenvalue weighted by Gasteiger charge is -2.13. The normalized spacial score (nSPS) is 10.7. The van der Waals surface area contributed by atoms with E-state index in [0.29, 0.717) is 41.0 Å². The summed E-state index contributed by atoms with van der Waals surface area (Å²) in [5, 5.41) is 6.32. The van der Waals surface area contributed by atoms with Gasteiger partial charge in [-0.3, -0.25) is 9.36 Å². The molecule has 8 heteroatoms. The molecule has 1 heterocycles. The van der Waals surface area contributed by atoms with Crippen molar-refractivity contribution in [1.29, 1.82) is 0 Å². The van der Waals surface area contributed by atoms with Crippen LogP contribution < -0.4 is 15.4 Å². The summed E-state index contributed by atoms with van der Waals surface area (Å²) in [6, 6.07) is 15.1. The van der Waals surface area contributed by atoms with Crippen LogP contribution in [0.5, 0.6) is 5.75 Å². The van der Waals surface area contributed by atoms with Crippen LogP contribution in [0.4, 0.5) is 11.5 Å². The first kappa shape index (κ1) is 21.7. The minimum absolute atomic E-state index is 0.200. The first-order valence-corrected chi connectivity index (χ1v) is 9.98. The van der Waals surface area contributed by atoms with Crippen molar-refractivity contribution < 1.29 is 14.3 Å². The van der Waals surface area contributed by atoms with Gasteiger partial charge in [0.15, 0.2) is 11.5 Å². The number of carbonyl (C=O) groups is 1. The molecule has 0 saturated carbocycles. The van der Waals surface area contributed by atoms with E-state index in [2.05, 4.69) is 15.6 Å². The molecule has 0 aliphatic heterocycles. The Balaban J connectivity index is 1.88. The third-order valence-corrected chi connectivity index (χ3v) is 4.88. The second-order valence-corrected chi connectivity index (χ2v) is 6.93. The summed E-state index contributed by atoms with van der Waals surface area (Å²) in [5.74, 6) is 1.53. The first-order valence-electron chi connectivity index (χ1n) is 9.61. The number of hydrogen-bond acceptors (Lipinski definition) is 5. The van der Waals surface area contributed by atoms with Crippen LogP contribution in [0.25, 0.3) is 0 Å². The summed E-state index contributed by atoms with van der Waals surface area (Å²) in [7, 11) is 3.16. The smallest absolute Gasteiger partial charge is 0.271 e. The van der Waals surface area contributed by atoms with Gasteiger partial charge in [-0.2, -0.15) is 0 Å². The summed E-state index contributed by atoms with van der Waals surface area (Å²) >= 11 is 6.35. The number of aryl methyl sites for hydroxylation is 1. The van der Waals surface area contributed by atoms with Crippen molar-refractivity contribution in [1.82, 2.24) is 14.9 Å². The van der Waals surface area contributed by atoms with Gasteiger partial charge < -0.3 is 20.1 Å². The zero-order valence-corrected chi connectivity index (χ0v) is 18.0. The van der Waals surface area contributed by atoms with Gasteiger partial charge in [-0.1, -0.05) is 48.9 Å². The van der Waals surface area contributed by atoms with E-state index in [1.54, 1.807) is 36.9 Å². The molecule has 0 unspecified atom stereocenters. The van der Waals surface area contributed by atoms with Crippen molar-refractivity contribution in [2.75, 3.05) is 19.5 Å². The number of anilines is 2. The van der Waals surface area contributed by atoms with Crippen LogP contribution in [0.15, 0.2) is 48.5 Å². The average molecular weight is 429 g/mol. The summed E-state index contributed by atoms with van der Waals surface area (Å²) in [6.07, 6.45) is 0.636. The molecule has 1 aromatic heterocycles. The van der Waals surface area contributed by atoms with Crippen LogP contribution >= 0.6 is 11.6 Å². The van der Waals surface area contributed by atoms with Crippen molar-refractivity contribution in [3.05, 3.63) is 70.6 Å². The van der Waals surface area contributed by atoms with E-state index in [1.165, 1.54) is 0 Å². The number of halogens is 1. The van der Waals surface area contributed by atoms with Crippen LogP contribution in [0.1, 0.15) is 28.8 Å². The maximum absolute atomic E-state index is 12.7. The summed E-state index contributed by atoms with van der Waals surface area (Å²) < 4.78 is 12.8. The molecule has 30 heavy (non-hydrogen) atoms. The van der Waals surface area contributed by atoms with Gasteiger partial charge in [0.1, 0.15) is 18.3 Å². The molecule has 158 valence electrons. The van der Waals surface area contributed by atoms with E-state index >= 15 is 0 Å². The second-order valence-electron chi connectivity index (χ2n) is 6.52. The van der Waals surface area contributed by atoms with Gasteiger partial charge in [-0.15, -0.1) is 0 Å². The molecule has 0 aliphatic rings. The molecule has 3 rings (SSSR count). The van der Waals surface area contributed by atoms with E-state index in [4.69, 9.17) is 21.1 Å². The number of rotatable bonds is 9. The molecule has 0 fully saturated rings. The molecule has 1 amide bonds. The van der Waals surface area contributed by atoms with Crippen LogP contribution in [-0.4, -0.2) is 29.6 Å². The van der Waals surface area contributed by atoms with Crippen LogP contribution in [0, 0.1) is 0 Å². The number of nitrogens with one attached hydrogen (secondary N) is 2. The topological polar surface area (TPSA) is 77.4 Å². The molecule has 0 spiro atoms. The standard InChI is InChI=1S/C22H25ClN4O3/c1-4-19-26-21(25-18-11-10-16(29-3)12-17(18)23)20(22(28)24-2)27(19)14-30-13-15-8-6-5-7-9-15/h5-12,25H,4,13-14H2,1-3H3,(H,24,28). The second kappa shape index (κ2) is 10.1. The van der Waals surface area contributed by atoms with E-state index < -0.39 is 0 Å². The molecule has 2 aromatic carbocycles. The Hall–Kier alpha value is -3.03. The van der Waals surface area contributed by atoms with Crippen LogP contribution in [0.2, 0.25) is 5.02 Å². The Labute approximate surface area is 181 Å². The molecule has 0 atom stereocenters. The highest BCUT2D eigenvalue weighted by atomic mass is 35.5. The summed E-state index contributed by atoms with van der Waals surface area (Å²) in [6.45, 7) is 2.61. The molecule has 3 aromatic rings. The predicted octanol–water partition coefficient (Wildman–Crippen LogP) is 4.39. The van der Waals surface area contributed by atoms with Gasteiger partial charge in [-0.05, 0) is 17.7 Å². The molecule has 0 bridgehead atoms. The number of benzene rings is 2. The van der Waals surface area contributed by atoms with Crippen molar-refractivity contribution in [3.8, 4) is 5.75 Å². The SMILES string of the molecule is CCc1nc(Nc2ccc(OC)cc2Cl)c(C(=O)NC)n1COCc1ccccc1. The van der Waals surface area contributed by atoms with Gasteiger partial charge in [0.05, 0.1) is 24.4 Å². The van der Waals surface area contributed by atoms with Crippen LogP contribution in [0.3, 0.4) is 0 Å². The van der Waals surface area contributed by atoms with Gasteiger partial charge in [0.2, 0.25) is 0 Å². The Morgan fingerprint density at radius 3 is 2.60 bits per heavy atom. The highest BCUT2D eigenvalue weighted by molar-refractivity contribution is 6.33. The van der Waals surface area contributed by atoms with E-state index in [9.17, 15) is 4.79 Å². The molecule has 2 N–H and O–H groups in total. The largest absolute Gasteiger partial charge is 0.497 e. The Morgan fingerprint density at radius 1 is 1.20 bits per heavy atom. The lowest BCUT2D eigenvalue weighted by molar-refractivity contribution is 0.0589. The highest BCUT2D eigenvalue weighted by Gasteiger charge is 2.22. The van der Waals surface area contributed by atoms with E-state index in [0.717, 1.165) is 11.4 Å². The number of methoxy groups -OCH3 is 1. The quantitative estimate of drug-likeness (QED) is 0.528. The number of aromatic nitrogens is 2. The maximum Gasteiger partial charge on any atom is 0.271 e. The predicted molar refractivity (Wildman–Crippen MR) is 118 cm³/mol. The van der Waals surface area contributed by atoms with E-state index in [1.807, 2.05) is 37.3 Å². The Bertz CT molecular complexity index is 1010. The fourth-order valence-corrected chi connectivity index (χ4v) is 3.24. The van der Waals surface area contributed by atoms with Crippen LogP contribution in [-0.2, 0) is 24.5 Å². The van der Waals surface area contributed by atoms with Gasteiger partial charge >= 0.3 is 0 Å². The Morgan fingerprint density at radius 2 is 1.97 bits per heavy atom. The highest BCUT2D eigenvalue weighted by Crippen LogP contribution is 2.30. The third-order valence-electron chi connectivity index (χ3n) is 4.57. The van der Waals surface area contributed by atoms with Crippen molar-refractivity contribution in [3.63, 3.8) is 0 Å². The number of carbonyl (C=O) groups excluding carboxylic acids is 1.